The van der Waals surface area contributed by atoms with Crippen LogP contribution in [0, 0.1) is 18.6 Å². The van der Waals surface area contributed by atoms with Gasteiger partial charge in [0.25, 0.3) is 0 Å². The summed E-state index contributed by atoms with van der Waals surface area (Å²) >= 11 is 0. The van der Waals surface area contributed by atoms with Crippen LogP contribution in [0.5, 0.6) is 0 Å². The van der Waals surface area contributed by atoms with Crippen LogP contribution >= 0.6 is 0 Å². The Morgan fingerprint density at radius 3 is 2.33 bits per heavy atom. The molecule has 0 radical (unpaired) electrons. The zero-order valence-corrected chi connectivity index (χ0v) is 14.1. The maximum Gasteiger partial charge on any atom is 0.178 e. The maximum atomic E-state index is 14.5. The highest BCUT2D eigenvalue weighted by atomic mass is 32.2. The van der Waals surface area contributed by atoms with Gasteiger partial charge in [-0.3, -0.25) is 0 Å². The quantitative estimate of drug-likeness (QED) is 0.817. The summed E-state index contributed by atoms with van der Waals surface area (Å²) in [5, 5.41) is 0. The fourth-order valence-corrected chi connectivity index (χ4v) is 3.61. The van der Waals surface area contributed by atoms with Crippen LogP contribution in [0.3, 0.4) is 0 Å². The monoisotopic (exact) mass is 346 g/mol. The SMILES string of the molecule is Cc1cccc(C2=CCC=C2c2cc(F)c(S(C)(=O)=O)cc2F)c1. The molecule has 0 atom stereocenters. The zero-order valence-electron chi connectivity index (χ0n) is 13.3. The van der Waals surface area contributed by atoms with Crippen LogP contribution in [-0.2, 0) is 9.84 Å². The van der Waals surface area contributed by atoms with Crippen LogP contribution in [-0.4, -0.2) is 14.7 Å². The highest BCUT2D eigenvalue weighted by Gasteiger charge is 2.22. The van der Waals surface area contributed by atoms with Gasteiger partial charge in [0.15, 0.2) is 9.84 Å². The van der Waals surface area contributed by atoms with Crippen LogP contribution in [0.4, 0.5) is 8.78 Å². The Morgan fingerprint density at radius 1 is 0.958 bits per heavy atom. The number of rotatable bonds is 3. The van der Waals surface area contributed by atoms with Crippen molar-refractivity contribution >= 4 is 21.0 Å². The van der Waals surface area contributed by atoms with E-state index in [9.17, 15) is 17.2 Å². The summed E-state index contributed by atoms with van der Waals surface area (Å²) in [5.41, 5.74) is 3.47. The molecule has 3 rings (SSSR count). The van der Waals surface area contributed by atoms with E-state index in [-0.39, 0.29) is 5.56 Å². The summed E-state index contributed by atoms with van der Waals surface area (Å²) in [4.78, 5) is -0.622. The zero-order chi connectivity index (χ0) is 17.5. The van der Waals surface area contributed by atoms with Crippen LogP contribution < -0.4 is 0 Å². The van der Waals surface area contributed by atoms with Crippen molar-refractivity contribution in [2.24, 2.45) is 0 Å². The highest BCUT2D eigenvalue weighted by Crippen LogP contribution is 2.38. The van der Waals surface area contributed by atoms with Crippen molar-refractivity contribution < 1.29 is 17.2 Å². The first-order valence-corrected chi connectivity index (χ1v) is 9.33. The second-order valence-corrected chi connectivity index (χ2v) is 7.86. The van der Waals surface area contributed by atoms with Crippen LogP contribution in [0.15, 0.2) is 53.4 Å². The van der Waals surface area contributed by atoms with E-state index in [1.165, 1.54) is 0 Å². The van der Waals surface area contributed by atoms with E-state index in [1.807, 2.05) is 43.3 Å². The Balaban J connectivity index is 2.10. The third kappa shape index (κ3) is 3.04. The lowest BCUT2D eigenvalue weighted by Gasteiger charge is -2.13. The fourth-order valence-electron chi connectivity index (χ4n) is 2.87. The molecule has 0 unspecified atom stereocenters. The molecule has 24 heavy (non-hydrogen) atoms. The maximum absolute atomic E-state index is 14.5. The topological polar surface area (TPSA) is 34.1 Å². The molecule has 2 aromatic rings. The van der Waals surface area contributed by atoms with E-state index in [0.717, 1.165) is 35.1 Å². The number of halogens is 2. The van der Waals surface area contributed by atoms with Gasteiger partial charge in [-0.15, -0.1) is 0 Å². The minimum absolute atomic E-state index is 0.0742. The summed E-state index contributed by atoms with van der Waals surface area (Å²) in [6, 6.07) is 9.48. The predicted molar refractivity (Wildman–Crippen MR) is 91.2 cm³/mol. The predicted octanol–water partition coefficient (Wildman–Crippen LogP) is 4.55. The van der Waals surface area contributed by atoms with Gasteiger partial charge in [0, 0.05) is 11.8 Å². The van der Waals surface area contributed by atoms with Gasteiger partial charge in [0.1, 0.15) is 16.5 Å². The largest absolute Gasteiger partial charge is 0.224 e. The molecule has 2 aromatic carbocycles. The molecule has 0 spiro atoms. The number of benzene rings is 2. The van der Waals surface area contributed by atoms with Crippen molar-refractivity contribution in [2.45, 2.75) is 18.2 Å². The van der Waals surface area contributed by atoms with Crippen molar-refractivity contribution in [3.63, 3.8) is 0 Å². The van der Waals surface area contributed by atoms with Gasteiger partial charge < -0.3 is 0 Å². The van der Waals surface area contributed by atoms with Crippen LogP contribution in [0.1, 0.15) is 23.1 Å². The lowest BCUT2D eigenvalue weighted by Crippen LogP contribution is -2.04. The normalized spacial score (nSPS) is 14.5. The first kappa shape index (κ1) is 16.6. The minimum Gasteiger partial charge on any atom is -0.224 e. The molecular formula is C19H16F2O2S. The molecule has 0 aliphatic heterocycles. The first-order valence-electron chi connectivity index (χ1n) is 7.44. The molecule has 0 saturated carbocycles. The second kappa shape index (κ2) is 5.98. The van der Waals surface area contributed by atoms with Crippen molar-refractivity contribution in [1.29, 1.82) is 0 Å². The minimum atomic E-state index is -3.82. The van der Waals surface area contributed by atoms with Gasteiger partial charge >= 0.3 is 0 Å². The van der Waals surface area contributed by atoms with Gasteiger partial charge in [-0.25, -0.2) is 17.2 Å². The Bertz CT molecular complexity index is 986. The average Bonchev–Trinajstić information content (AvgIpc) is 2.97. The number of sulfone groups is 1. The fraction of sp³-hybridized carbons (Fsp3) is 0.158. The molecule has 0 fully saturated rings. The van der Waals surface area contributed by atoms with Crippen LogP contribution in [0.2, 0.25) is 0 Å². The number of allylic oxidation sites excluding steroid dienone is 4. The summed E-state index contributed by atoms with van der Waals surface area (Å²) in [6.07, 6.45) is 5.24. The van der Waals surface area contributed by atoms with Crippen molar-refractivity contribution in [3.05, 3.63) is 76.9 Å². The molecule has 1 aliphatic rings. The van der Waals surface area contributed by atoms with E-state index in [1.54, 1.807) is 0 Å². The van der Waals surface area contributed by atoms with E-state index in [2.05, 4.69) is 0 Å². The van der Waals surface area contributed by atoms with Crippen molar-refractivity contribution in [3.8, 4) is 0 Å². The molecule has 0 N–H and O–H groups in total. The van der Waals surface area contributed by atoms with Crippen molar-refractivity contribution in [2.75, 3.05) is 6.26 Å². The molecular weight excluding hydrogens is 330 g/mol. The number of aryl methyl sites for hydroxylation is 1. The molecule has 0 saturated heterocycles. The standard InChI is InChI=1S/C19H16F2O2S/c1-12-5-3-6-13(9-12)14-7-4-8-15(14)16-10-18(21)19(11-17(16)20)24(2,22)23/h3,5-11H,4H2,1-2H3. The van der Waals surface area contributed by atoms with Gasteiger partial charge in [-0.1, -0.05) is 42.0 Å². The Morgan fingerprint density at radius 2 is 1.67 bits per heavy atom. The Kier molecular flexibility index (Phi) is 4.13. The molecule has 0 amide bonds. The van der Waals surface area contributed by atoms with E-state index < -0.39 is 26.4 Å². The molecule has 0 bridgehead atoms. The van der Waals surface area contributed by atoms with Crippen LogP contribution in [0.25, 0.3) is 11.1 Å². The van der Waals surface area contributed by atoms with E-state index in [4.69, 9.17) is 0 Å². The van der Waals surface area contributed by atoms with Gasteiger partial charge in [-0.05, 0) is 42.2 Å². The Hall–Kier alpha value is -2.27. The smallest absolute Gasteiger partial charge is 0.178 e. The molecule has 124 valence electrons. The Labute approximate surface area is 140 Å². The van der Waals surface area contributed by atoms with E-state index >= 15 is 0 Å². The van der Waals surface area contributed by atoms with Gasteiger partial charge in [0.05, 0.1) is 0 Å². The van der Waals surface area contributed by atoms with E-state index in [0.29, 0.717) is 12.0 Å². The van der Waals surface area contributed by atoms with Crippen molar-refractivity contribution in [1.82, 2.24) is 0 Å². The molecule has 0 heterocycles. The third-order valence-electron chi connectivity index (χ3n) is 3.97. The average molecular weight is 346 g/mol. The first-order chi connectivity index (χ1) is 11.3. The molecule has 1 aliphatic carbocycles. The molecule has 5 heteroatoms. The lowest BCUT2D eigenvalue weighted by molar-refractivity contribution is 0.554. The second-order valence-electron chi connectivity index (χ2n) is 5.88. The summed E-state index contributed by atoms with van der Waals surface area (Å²) in [7, 11) is -3.82. The third-order valence-corrected chi connectivity index (χ3v) is 5.09. The number of hydrogen-bond acceptors (Lipinski definition) is 2. The molecule has 2 nitrogen and oxygen atoms in total. The highest BCUT2D eigenvalue weighted by molar-refractivity contribution is 7.90. The van der Waals surface area contributed by atoms with Gasteiger partial charge in [-0.2, -0.15) is 0 Å². The summed E-state index contributed by atoms with van der Waals surface area (Å²) < 4.78 is 51.7. The number of hydrogen-bond donors (Lipinski definition) is 0. The summed E-state index contributed by atoms with van der Waals surface area (Å²) in [6.45, 7) is 1.96. The lowest BCUT2D eigenvalue weighted by atomic mass is 9.94. The molecule has 0 aromatic heterocycles. The summed E-state index contributed by atoms with van der Waals surface area (Å²) in [5.74, 6) is -1.69. The van der Waals surface area contributed by atoms with Gasteiger partial charge in [0.2, 0.25) is 0 Å².